The Balaban J connectivity index is 1.12. The molecule has 6 amide bonds. The van der Waals surface area contributed by atoms with Crippen molar-refractivity contribution in [2.24, 2.45) is 5.92 Å². The zero-order valence-corrected chi connectivity index (χ0v) is 49.6. The molecule has 23 nitrogen and oxygen atoms in total. The van der Waals surface area contributed by atoms with Crippen molar-refractivity contribution < 1.29 is 48.5 Å². The molecule has 4 unspecified atom stereocenters. The largest absolute Gasteiger partial charge is 0.481 e. The smallest absolute Gasteiger partial charge is 0.303 e. The van der Waals surface area contributed by atoms with E-state index in [1.165, 1.54) is 64.4 Å². The summed E-state index contributed by atoms with van der Waals surface area (Å²) in [5, 5.41) is 44.0. The molecule has 82 heavy (non-hydrogen) atoms. The van der Waals surface area contributed by atoms with E-state index in [-0.39, 0.29) is 66.1 Å². The second kappa shape index (κ2) is 26.1. The predicted molar refractivity (Wildman–Crippen MR) is 311 cm³/mol. The standard InChI is InChI=1S/C53H53N13O10S6/c1-24(2)38-52-65-41(34(82-52)19-76-6)45(73)55-18-36(68)62-42(43(71)26-11-8-7-9-12-26)51-60-32(22-80-51)49-58-30(20-78-49)40-27(14-15-28(56-40)48-61-33(23-79-48)53(75)66(5)16-10-13-37(69)70)47-59-31(21-77-47)44(72)57-29(17-35(67)54-4)50-64-39(25(3)81-50)46(74)63-38/h7-9,11-12,14-15,20-24,29,38,42-43,71H,10,13,16-19H2,1-6H3,(H,54,67)(H,55,73)(H,57,72)(H,62,68)(H,63,74)(H,69,70). The summed E-state index contributed by atoms with van der Waals surface area (Å²) >= 11 is 7.08. The Kier molecular flexibility index (Phi) is 18.8. The van der Waals surface area contributed by atoms with Crippen LogP contribution in [0, 0.1) is 12.8 Å². The lowest BCUT2D eigenvalue weighted by Gasteiger charge is -2.23. The summed E-state index contributed by atoms with van der Waals surface area (Å²) in [5.74, 6) is -4.52. The summed E-state index contributed by atoms with van der Waals surface area (Å²) in [6.07, 6.45) is -1.34. The number of carboxylic acid groups (broad SMARTS) is 1. The van der Waals surface area contributed by atoms with Crippen molar-refractivity contribution in [2.45, 2.75) is 70.9 Å². The first-order chi connectivity index (χ1) is 39.4. The van der Waals surface area contributed by atoms with Crippen LogP contribution in [0.15, 0.2) is 64.0 Å². The Morgan fingerprint density at radius 3 is 2.18 bits per heavy atom. The lowest BCUT2D eigenvalue weighted by atomic mass is 10.0. The van der Waals surface area contributed by atoms with Crippen molar-refractivity contribution in [3.05, 3.63) is 117 Å². The number of carbonyl (C=O) groups excluding carboxylic acids is 6. The number of pyridine rings is 1. The number of aryl methyl sites for hydroxylation is 1. The third kappa shape index (κ3) is 13.5. The molecule has 8 aromatic rings. The number of fused-ring (bicyclic) bond motifs is 14. The fourth-order valence-electron chi connectivity index (χ4n) is 8.45. The van der Waals surface area contributed by atoms with Crippen molar-refractivity contribution in [2.75, 3.05) is 34.3 Å². The first-order valence-electron chi connectivity index (χ1n) is 25.3. The van der Waals surface area contributed by atoms with E-state index in [0.29, 0.717) is 68.7 Å². The number of thiazole rings is 6. The van der Waals surface area contributed by atoms with Gasteiger partial charge in [0.15, 0.2) is 0 Å². The van der Waals surface area contributed by atoms with Gasteiger partial charge in [0, 0.05) is 66.1 Å². The van der Waals surface area contributed by atoms with Crippen molar-refractivity contribution >= 4 is 109 Å². The Labute approximate surface area is 492 Å². The van der Waals surface area contributed by atoms with Crippen LogP contribution in [0.4, 0.5) is 0 Å². The van der Waals surface area contributed by atoms with Crippen LogP contribution in [-0.4, -0.2) is 126 Å². The molecule has 426 valence electrons. The molecule has 8 heterocycles. The SMILES string of the molecule is CNC(=O)CC1NC(=O)c2csc(n2)-c2ccc(-c3nc(C(=O)N(C)CCCC(=O)O)cs3)nc2-c2csc(n2)-c2csc(n2)C(C(O)c2ccccc2)NC(=O)CNC(=O)c2nc(sc2COC)C(C(C)C)NC(=O)c2nc1sc2C. The van der Waals surface area contributed by atoms with Gasteiger partial charge in [0.25, 0.3) is 23.6 Å². The maximum atomic E-state index is 14.3. The average Bonchev–Trinajstić information content (AvgIpc) is 4.44. The third-order valence-corrected chi connectivity index (χ3v) is 18.4. The molecule has 0 aliphatic carbocycles. The number of carbonyl (C=O) groups is 7. The normalized spacial score (nSPS) is 16.4. The number of rotatable bonds is 13. The van der Waals surface area contributed by atoms with Crippen LogP contribution in [0.2, 0.25) is 0 Å². The molecule has 0 radical (unpaired) electrons. The van der Waals surface area contributed by atoms with Crippen molar-refractivity contribution in [3.63, 3.8) is 0 Å². The minimum absolute atomic E-state index is 0.00137. The van der Waals surface area contributed by atoms with Gasteiger partial charge >= 0.3 is 5.97 Å². The Morgan fingerprint density at radius 2 is 1.44 bits per heavy atom. The molecule has 1 aliphatic rings. The van der Waals surface area contributed by atoms with Gasteiger partial charge in [-0.1, -0.05) is 44.2 Å². The highest BCUT2D eigenvalue weighted by Crippen LogP contribution is 2.40. The number of aliphatic hydroxyl groups excluding tert-OH is 1. The molecule has 0 saturated heterocycles. The summed E-state index contributed by atoms with van der Waals surface area (Å²) in [6, 6.07) is 9.40. The molecule has 7 N–H and O–H groups in total. The van der Waals surface area contributed by atoms with E-state index < -0.39 is 72.2 Å². The van der Waals surface area contributed by atoms with Gasteiger partial charge in [-0.05, 0) is 37.0 Å². The minimum atomic E-state index is -1.28. The number of aliphatic hydroxyl groups is 1. The molecule has 0 saturated carbocycles. The van der Waals surface area contributed by atoms with Gasteiger partial charge in [-0.15, -0.1) is 68.0 Å². The lowest BCUT2D eigenvalue weighted by Crippen LogP contribution is -2.40. The van der Waals surface area contributed by atoms with Gasteiger partial charge in [0.2, 0.25) is 11.8 Å². The number of nitrogens with zero attached hydrogens (tertiary/aromatic N) is 8. The summed E-state index contributed by atoms with van der Waals surface area (Å²) in [7, 11) is 4.51. The summed E-state index contributed by atoms with van der Waals surface area (Å²) in [5.41, 5.74) is 2.72. The number of aromatic nitrogens is 7. The fourth-order valence-corrected chi connectivity index (χ4v) is 14.0. The molecule has 9 rings (SSSR count). The number of ether oxygens (including phenoxy) is 1. The van der Waals surface area contributed by atoms with Gasteiger partial charge in [-0.2, -0.15) is 0 Å². The molecule has 0 fully saturated rings. The number of methoxy groups -OCH3 is 1. The second-order valence-electron chi connectivity index (χ2n) is 18.9. The highest BCUT2D eigenvalue weighted by molar-refractivity contribution is 7.15. The number of hydrogen-bond acceptors (Lipinski definition) is 22. The van der Waals surface area contributed by atoms with Crippen LogP contribution in [0.25, 0.3) is 43.4 Å². The lowest BCUT2D eigenvalue weighted by molar-refractivity contribution is -0.137. The average molecular weight is 1220 g/mol. The van der Waals surface area contributed by atoms with Gasteiger partial charge in [-0.3, -0.25) is 33.6 Å². The predicted octanol–water partition coefficient (Wildman–Crippen LogP) is 7.25. The van der Waals surface area contributed by atoms with Crippen LogP contribution in [-0.2, 0) is 25.7 Å². The second-order valence-corrected chi connectivity index (χ2v) is 24.7. The van der Waals surface area contributed by atoms with Crippen LogP contribution < -0.4 is 26.6 Å². The molecule has 0 spiro atoms. The molecule has 29 heteroatoms. The van der Waals surface area contributed by atoms with E-state index in [2.05, 4.69) is 41.5 Å². The maximum absolute atomic E-state index is 14.3. The number of benzene rings is 1. The van der Waals surface area contributed by atoms with Gasteiger partial charge in [0.1, 0.15) is 82.0 Å². The first-order valence-corrected chi connectivity index (χ1v) is 30.4. The number of hydrogen-bond donors (Lipinski definition) is 7. The maximum Gasteiger partial charge on any atom is 0.303 e. The zero-order valence-electron chi connectivity index (χ0n) is 44.7. The summed E-state index contributed by atoms with van der Waals surface area (Å²) < 4.78 is 5.44. The van der Waals surface area contributed by atoms with E-state index in [9.17, 15) is 38.7 Å². The van der Waals surface area contributed by atoms with E-state index in [0.717, 1.165) is 22.7 Å². The molecule has 7 aromatic heterocycles. The molecular formula is C53H53N13O10S6. The van der Waals surface area contributed by atoms with E-state index >= 15 is 0 Å². The summed E-state index contributed by atoms with van der Waals surface area (Å²) in [4.78, 5) is 130. The molecular weight excluding hydrogens is 1170 g/mol. The third-order valence-electron chi connectivity index (χ3n) is 12.7. The van der Waals surface area contributed by atoms with Crippen LogP contribution in [0.5, 0.6) is 0 Å². The molecule has 1 aromatic carbocycles. The van der Waals surface area contributed by atoms with Crippen molar-refractivity contribution in [1.29, 1.82) is 0 Å². The van der Waals surface area contributed by atoms with Crippen molar-refractivity contribution in [1.82, 2.24) is 66.4 Å². The highest BCUT2D eigenvalue weighted by atomic mass is 32.1. The monoisotopic (exact) mass is 1220 g/mol. The van der Waals surface area contributed by atoms with Gasteiger partial charge < -0.3 is 46.4 Å². The first kappa shape index (κ1) is 59.0. The number of carboxylic acids is 1. The quantitative estimate of drug-likeness (QED) is 0.0598. The topological polar surface area (TPSA) is 323 Å². The van der Waals surface area contributed by atoms with Crippen LogP contribution in [0.3, 0.4) is 0 Å². The van der Waals surface area contributed by atoms with E-state index in [1.807, 2.05) is 13.8 Å². The number of amides is 6. The van der Waals surface area contributed by atoms with Crippen LogP contribution >= 0.6 is 68.0 Å². The number of nitrogens with one attached hydrogen (secondary N) is 5. The van der Waals surface area contributed by atoms with Crippen LogP contribution in [0.1, 0.15) is 130 Å². The Morgan fingerprint density at radius 1 is 0.732 bits per heavy atom. The zero-order chi connectivity index (χ0) is 58.4. The van der Waals surface area contributed by atoms with E-state index in [1.54, 1.807) is 78.0 Å². The molecule has 1 aliphatic heterocycles. The Hall–Kier alpha value is -7.64. The Bertz CT molecular complexity index is 3680. The molecule has 10 bridgehead atoms. The minimum Gasteiger partial charge on any atom is -0.481 e. The highest BCUT2D eigenvalue weighted by Gasteiger charge is 2.33. The van der Waals surface area contributed by atoms with Crippen molar-refractivity contribution in [3.8, 4) is 43.4 Å². The summed E-state index contributed by atoms with van der Waals surface area (Å²) in [6.45, 7) is 5.15. The van der Waals surface area contributed by atoms with Gasteiger partial charge in [0.05, 0.1) is 42.2 Å². The number of aliphatic carboxylic acids is 1. The van der Waals surface area contributed by atoms with Gasteiger partial charge in [-0.25, -0.2) is 34.9 Å². The molecule has 4 atom stereocenters. The van der Waals surface area contributed by atoms with E-state index in [4.69, 9.17) is 29.8 Å². The fraction of sp³-hybridized carbons (Fsp3) is 0.321.